The maximum Gasteiger partial charge on any atom is 0.414 e. The van der Waals surface area contributed by atoms with E-state index >= 15 is 0 Å². The van der Waals surface area contributed by atoms with Gasteiger partial charge in [-0.15, -0.1) is 5.53 Å². The highest BCUT2D eigenvalue weighted by atomic mass is 19.1. The molecule has 10 nitrogen and oxygen atoms in total. The summed E-state index contributed by atoms with van der Waals surface area (Å²) >= 11 is 0. The van der Waals surface area contributed by atoms with Gasteiger partial charge in [0.05, 0.1) is 24.5 Å². The number of ether oxygens (including phenoxy) is 2. The predicted molar refractivity (Wildman–Crippen MR) is 116 cm³/mol. The van der Waals surface area contributed by atoms with Crippen molar-refractivity contribution in [2.75, 3.05) is 49.1 Å². The van der Waals surface area contributed by atoms with Gasteiger partial charge >= 0.3 is 12.2 Å². The number of piperazine rings is 1. The maximum absolute atomic E-state index is 15.0. The van der Waals surface area contributed by atoms with Crippen LogP contribution in [0.3, 0.4) is 0 Å². The number of amides is 2. The molecule has 3 heterocycles. The number of hydrogen-bond donors (Lipinski definition) is 2. The minimum atomic E-state index is -0.551. The van der Waals surface area contributed by atoms with Gasteiger partial charge in [-0.3, -0.25) is 9.91 Å². The minimum absolute atomic E-state index is 0.332. The zero-order chi connectivity index (χ0) is 22.9. The Morgan fingerprint density at radius 2 is 2.00 bits per heavy atom. The molecule has 0 radical (unpaired) electrons. The van der Waals surface area contributed by atoms with Crippen LogP contribution in [0.4, 0.5) is 25.4 Å². The van der Waals surface area contributed by atoms with Gasteiger partial charge in [-0.05, 0) is 39.0 Å². The van der Waals surface area contributed by atoms with Gasteiger partial charge in [-0.2, -0.15) is 0 Å². The van der Waals surface area contributed by atoms with Crippen LogP contribution < -0.4 is 20.8 Å². The monoisotopic (exact) mass is 448 g/mol. The molecular formula is C21H29FN6O4. The minimum Gasteiger partial charge on any atom is -0.444 e. The Bertz CT molecular complexity index is 897. The van der Waals surface area contributed by atoms with E-state index in [0.717, 1.165) is 0 Å². The molecule has 0 saturated carbocycles. The average molecular weight is 448 g/mol. The van der Waals surface area contributed by atoms with E-state index in [1.54, 1.807) is 34.4 Å². The van der Waals surface area contributed by atoms with E-state index < -0.39 is 17.5 Å². The Hall–Kier alpha value is -3.21. The van der Waals surface area contributed by atoms with Crippen LogP contribution in [0.1, 0.15) is 20.8 Å². The van der Waals surface area contributed by atoms with Crippen molar-refractivity contribution in [2.45, 2.75) is 32.5 Å². The molecule has 1 aromatic carbocycles. The fourth-order valence-electron chi connectivity index (χ4n) is 3.81. The lowest BCUT2D eigenvalue weighted by atomic mass is 10.2. The van der Waals surface area contributed by atoms with Crippen LogP contribution in [0.2, 0.25) is 0 Å². The highest BCUT2D eigenvalue weighted by molar-refractivity contribution is 5.90. The first-order valence-corrected chi connectivity index (χ1v) is 10.6. The van der Waals surface area contributed by atoms with Crippen LogP contribution in [0.25, 0.3) is 0 Å². The van der Waals surface area contributed by atoms with E-state index in [-0.39, 0.29) is 12.2 Å². The molecule has 0 aromatic heterocycles. The quantitative estimate of drug-likeness (QED) is 0.723. The lowest BCUT2D eigenvalue weighted by molar-refractivity contribution is 0.0240. The van der Waals surface area contributed by atoms with Gasteiger partial charge < -0.3 is 24.7 Å². The number of halogens is 1. The Morgan fingerprint density at radius 3 is 2.62 bits per heavy atom. The molecule has 3 aliphatic heterocycles. The molecule has 1 atom stereocenters. The number of carbonyl (C=O) groups is 2. The van der Waals surface area contributed by atoms with E-state index in [0.29, 0.717) is 50.6 Å². The van der Waals surface area contributed by atoms with Gasteiger partial charge in [0.2, 0.25) is 0 Å². The SMILES string of the molecule is CC(C)(C)OC(=O)N1CCN(c2ccc(N3C[C@H](CN4C=CNN4)OC3=O)cc2F)CC1. The Kier molecular flexibility index (Phi) is 6.00. The van der Waals surface area contributed by atoms with Crippen LogP contribution >= 0.6 is 0 Å². The fourth-order valence-corrected chi connectivity index (χ4v) is 3.81. The van der Waals surface area contributed by atoms with Crippen molar-refractivity contribution in [1.29, 1.82) is 0 Å². The molecule has 174 valence electrons. The number of anilines is 2. The van der Waals surface area contributed by atoms with E-state index in [1.807, 2.05) is 25.7 Å². The van der Waals surface area contributed by atoms with Crippen molar-refractivity contribution in [3.63, 3.8) is 0 Å². The number of nitrogens with zero attached hydrogens (tertiary/aromatic N) is 4. The standard InChI is InChI=1S/C21H29FN6O4/c1-21(2,3)32-19(29)26-10-8-25(9-11-26)18-5-4-15(12-17(18)22)28-14-16(31-20(28)30)13-27-7-6-23-24-27/h4-7,12,16,23-24H,8-11,13-14H2,1-3H3/t16-/m0/s1. The van der Waals surface area contributed by atoms with E-state index in [1.165, 1.54) is 11.0 Å². The van der Waals surface area contributed by atoms with Crippen LogP contribution in [0.15, 0.2) is 30.6 Å². The molecule has 0 aliphatic carbocycles. The zero-order valence-corrected chi connectivity index (χ0v) is 18.5. The number of nitrogens with one attached hydrogen (secondary N) is 2. The van der Waals surface area contributed by atoms with Crippen LogP contribution in [0, 0.1) is 5.82 Å². The lowest BCUT2D eigenvalue weighted by Gasteiger charge is -2.37. The maximum atomic E-state index is 15.0. The topological polar surface area (TPSA) is 89.6 Å². The van der Waals surface area contributed by atoms with E-state index in [2.05, 4.69) is 11.0 Å². The summed E-state index contributed by atoms with van der Waals surface area (Å²) in [6.45, 7) is 8.16. The van der Waals surface area contributed by atoms with Crippen LogP contribution in [-0.2, 0) is 9.47 Å². The average Bonchev–Trinajstić information content (AvgIpc) is 3.36. The van der Waals surface area contributed by atoms with Gasteiger partial charge in [0.25, 0.3) is 0 Å². The van der Waals surface area contributed by atoms with E-state index in [4.69, 9.17) is 9.47 Å². The van der Waals surface area contributed by atoms with Crippen molar-refractivity contribution in [1.82, 2.24) is 20.9 Å². The number of cyclic esters (lactones) is 1. The van der Waals surface area contributed by atoms with Crippen LogP contribution in [0.5, 0.6) is 0 Å². The second-order valence-corrected chi connectivity index (χ2v) is 8.93. The summed E-state index contributed by atoms with van der Waals surface area (Å²) in [7, 11) is 0. The molecule has 0 bridgehead atoms. The molecule has 2 amide bonds. The third kappa shape index (κ3) is 4.98. The number of hydrogen-bond acceptors (Lipinski definition) is 8. The summed E-state index contributed by atoms with van der Waals surface area (Å²) in [6.07, 6.45) is 2.33. The molecule has 3 aliphatic rings. The van der Waals surface area contributed by atoms with Crippen molar-refractivity contribution in [3.05, 3.63) is 36.4 Å². The summed E-state index contributed by atoms with van der Waals surface area (Å²) in [5.41, 5.74) is 6.06. The Balaban J connectivity index is 1.35. The second-order valence-electron chi connectivity index (χ2n) is 8.93. The van der Waals surface area contributed by atoms with Gasteiger partial charge in [-0.25, -0.2) is 14.0 Å². The summed E-state index contributed by atoms with van der Waals surface area (Å²) in [5.74, 6) is -0.419. The van der Waals surface area contributed by atoms with E-state index in [9.17, 15) is 14.0 Å². The summed E-state index contributed by atoms with van der Waals surface area (Å²) in [4.78, 5) is 29.5. The van der Waals surface area contributed by atoms with Crippen molar-refractivity contribution in [2.24, 2.45) is 0 Å². The number of carbonyl (C=O) groups excluding carboxylic acids is 2. The molecule has 1 aromatic rings. The summed E-state index contributed by atoms with van der Waals surface area (Å²) in [5, 5.41) is 1.77. The highest BCUT2D eigenvalue weighted by Crippen LogP contribution is 2.29. The highest BCUT2D eigenvalue weighted by Gasteiger charge is 2.34. The third-order valence-electron chi connectivity index (χ3n) is 5.34. The molecule has 0 unspecified atom stereocenters. The van der Waals surface area contributed by atoms with Crippen molar-refractivity contribution >= 4 is 23.6 Å². The molecule has 2 N–H and O–H groups in total. The Labute approximate surface area is 186 Å². The van der Waals surface area contributed by atoms with Crippen molar-refractivity contribution < 1.29 is 23.5 Å². The van der Waals surface area contributed by atoms with Gasteiger partial charge in [0.15, 0.2) is 0 Å². The first-order chi connectivity index (χ1) is 15.2. The van der Waals surface area contributed by atoms with Gasteiger partial charge in [0, 0.05) is 38.6 Å². The number of rotatable bonds is 4. The molecule has 4 rings (SSSR count). The van der Waals surface area contributed by atoms with Crippen molar-refractivity contribution in [3.8, 4) is 0 Å². The smallest absolute Gasteiger partial charge is 0.414 e. The first kappa shape index (κ1) is 22.0. The molecular weight excluding hydrogens is 419 g/mol. The fraction of sp³-hybridized carbons (Fsp3) is 0.524. The zero-order valence-electron chi connectivity index (χ0n) is 18.5. The largest absolute Gasteiger partial charge is 0.444 e. The Morgan fingerprint density at radius 1 is 1.25 bits per heavy atom. The predicted octanol–water partition coefficient (Wildman–Crippen LogP) is 2.00. The molecule has 0 spiro atoms. The van der Waals surface area contributed by atoms with Gasteiger partial charge in [-0.1, -0.05) is 0 Å². The number of hydrazine groups is 2. The second kappa shape index (κ2) is 8.73. The molecule has 2 fully saturated rings. The van der Waals surface area contributed by atoms with Crippen LogP contribution in [-0.4, -0.2) is 73.1 Å². The molecule has 2 saturated heterocycles. The first-order valence-electron chi connectivity index (χ1n) is 10.6. The summed E-state index contributed by atoms with van der Waals surface area (Å²) in [6, 6.07) is 4.75. The summed E-state index contributed by atoms with van der Waals surface area (Å²) < 4.78 is 25.8. The van der Waals surface area contributed by atoms with Gasteiger partial charge in [0.1, 0.15) is 17.5 Å². The lowest BCUT2D eigenvalue weighted by Crippen LogP contribution is -2.50. The molecule has 32 heavy (non-hydrogen) atoms. The number of benzene rings is 1. The third-order valence-corrected chi connectivity index (χ3v) is 5.34. The molecule has 11 heteroatoms. The normalized spacial score (nSPS) is 21.1.